The van der Waals surface area contributed by atoms with Gasteiger partial charge in [0.2, 0.25) is 0 Å². The maximum atomic E-state index is 10.8. The Hall–Kier alpha value is -1.58. The van der Waals surface area contributed by atoms with E-state index < -0.39 is 11.9 Å². The van der Waals surface area contributed by atoms with Crippen molar-refractivity contribution < 1.29 is 19.4 Å². The monoisotopic (exact) mass is 168 g/mol. The van der Waals surface area contributed by atoms with E-state index in [1.807, 2.05) is 0 Å². The summed E-state index contributed by atoms with van der Waals surface area (Å²) in [5, 5.41) is 8.54. The molecule has 4 heteroatoms. The van der Waals surface area contributed by atoms with Crippen LogP contribution in [0.4, 0.5) is 0 Å². The third kappa shape index (κ3) is 1.37. The van der Waals surface area contributed by atoms with Crippen LogP contribution in [-0.4, -0.2) is 17.0 Å². The molecule has 1 heterocycles. The van der Waals surface area contributed by atoms with E-state index in [4.69, 9.17) is 5.11 Å². The molecule has 64 valence electrons. The van der Waals surface area contributed by atoms with Gasteiger partial charge in [-0.3, -0.25) is 0 Å². The molecule has 1 N–H and O–H groups in total. The first-order valence-corrected chi connectivity index (χ1v) is 3.37. The molecule has 0 saturated heterocycles. The molecule has 0 radical (unpaired) electrons. The topological polar surface area (TPSA) is 63.6 Å². The first-order chi connectivity index (χ1) is 5.52. The molecule has 0 saturated carbocycles. The summed E-state index contributed by atoms with van der Waals surface area (Å²) in [7, 11) is 0. The maximum Gasteiger partial charge on any atom is 0.339 e. The highest BCUT2D eigenvalue weighted by atomic mass is 16.5. The van der Waals surface area contributed by atoms with Gasteiger partial charge in [-0.05, 0) is 19.9 Å². The normalized spacial score (nSPS) is 20.2. The van der Waals surface area contributed by atoms with Crippen molar-refractivity contribution in [1.82, 2.24) is 0 Å². The average molecular weight is 168 g/mol. The van der Waals surface area contributed by atoms with Gasteiger partial charge in [-0.25, -0.2) is 9.59 Å². The van der Waals surface area contributed by atoms with Crippen LogP contribution < -0.4 is 0 Å². The number of aliphatic carboxylic acids is 1. The minimum Gasteiger partial charge on any atom is -0.478 e. The fourth-order valence-corrected chi connectivity index (χ4v) is 0.756. The lowest BCUT2D eigenvalue weighted by Crippen LogP contribution is -2.02. The second-order valence-corrected chi connectivity index (χ2v) is 2.51. The molecule has 0 amide bonds. The average Bonchev–Trinajstić information content (AvgIpc) is 2.30. The second kappa shape index (κ2) is 2.81. The summed E-state index contributed by atoms with van der Waals surface area (Å²) in [5.41, 5.74) is 0.464. The van der Waals surface area contributed by atoms with Gasteiger partial charge in [0.15, 0.2) is 0 Å². The van der Waals surface area contributed by atoms with E-state index in [1.54, 1.807) is 6.92 Å². The molecule has 0 fully saturated rings. The third-order valence-electron chi connectivity index (χ3n) is 1.56. The molecule has 1 aliphatic heterocycles. The zero-order chi connectivity index (χ0) is 9.30. The SMILES string of the molecule is CC1=C/C(=C(\C)C(=O)O)OC1=O. The number of hydrogen-bond donors (Lipinski definition) is 1. The Labute approximate surface area is 69.1 Å². The van der Waals surface area contributed by atoms with Crippen LogP contribution in [0.15, 0.2) is 23.0 Å². The Morgan fingerprint density at radius 3 is 2.50 bits per heavy atom. The largest absolute Gasteiger partial charge is 0.478 e. The second-order valence-electron chi connectivity index (χ2n) is 2.51. The molecule has 1 aliphatic rings. The zero-order valence-electron chi connectivity index (χ0n) is 6.75. The van der Waals surface area contributed by atoms with Gasteiger partial charge >= 0.3 is 11.9 Å². The van der Waals surface area contributed by atoms with Crippen molar-refractivity contribution >= 4 is 11.9 Å². The lowest BCUT2D eigenvalue weighted by molar-refractivity contribution is -0.134. The Bertz CT molecular complexity index is 309. The van der Waals surface area contributed by atoms with E-state index in [0.717, 1.165) is 0 Å². The number of carbonyl (C=O) groups excluding carboxylic acids is 1. The van der Waals surface area contributed by atoms with Crippen LogP contribution >= 0.6 is 0 Å². The van der Waals surface area contributed by atoms with Crippen molar-refractivity contribution in [3.63, 3.8) is 0 Å². The first-order valence-electron chi connectivity index (χ1n) is 3.37. The van der Waals surface area contributed by atoms with Crippen molar-refractivity contribution in [2.24, 2.45) is 0 Å². The molecule has 0 aromatic carbocycles. The number of carbonyl (C=O) groups is 2. The number of ether oxygens (including phenoxy) is 1. The molecule has 0 aromatic heterocycles. The Morgan fingerprint density at radius 1 is 1.58 bits per heavy atom. The van der Waals surface area contributed by atoms with Crippen molar-refractivity contribution in [2.75, 3.05) is 0 Å². The van der Waals surface area contributed by atoms with Crippen LogP contribution in [0, 0.1) is 0 Å². The maximum absolute atomic E-state index is 10.8. The minimum atomic E-state index is -1.08. The molecule has 0 bridgehead atoms. The van der Waals surface area contributed by atoms with E-state index in [0.29, 0.717) is 5.57 Å². The highest BCUT2D eigenvalue weighted by Crippen LogP contribution is 2.19. The number of cyclic esters (lactones) is 1. The van der Waals surface area contributed by atoms with Gasteiger partial charge in [-0.1, -0.05) is 0 Å². The lowest BCUT2D eigenvalue weighted by Gasteiger charge is -1.97. The summed E-state index contributed by atoms with van der Waals surface area (Å²) in [5.74, 6) is -1.43. The standard InChI is InChI=1S/C8H8O4/c1-4-3-6(12-8(4)11)5(2)7(9)10/h3H,1-2H3,(H,9,10)/b6-5-. The highest BCUT2D eigenvalue weighted by molar-refractivity contribution is 5.95. The van der Waals surface area contributed by atoms with Crippen LogP contribution in [0.1, 0.15) is 13.8 Å². The molecular weight excluding hydrogens is 160 g/mol. The molecule has 0 atom stereocenters. The molecular formula is C8H8O4. The van der Waals surface area contributed by atoms with E-state index >= 15 is 0 Å². The summed E-state index contributed by atoms with van der Waals surface area (Å²) >= 11 is 0. The summed E-state index contributed by atoms with van der Waals surface area (Å²) in [6.07, 6.45) is 1.42. The van der Waals surface area contributed by atoms with Gasteiger partial charge in [0.1, 0.15) is 5.76 Å². The predicted octanol–water partition coefficient (Wildman–Crippen LogP) is 0.848. The predicted molar refractivity (Wildman–Crippen MR) is 40.2 cm³/mol. The van der Waals surface area contributed by atoms with Crippen molar-refractivity contribution in [1.29, 1.82) is 0 Å². The van der Waals surface area contributed by atoms with Crippen LogP contribution in [0.2, 0.25) is 0 Å². The van der Waals surface area contributed by atoms with Crippen molar-refractivity contribution in [3.8, 4) is 0 Å². The smallest absolute Gasteiger partial charge is 0.339 e. The van der Waals surface area contributed by atoms with Crippen LogP contribution in [0.3, 0.4) is 0 Å². The summed E-state index contributed by atoms with van der Waals surface area (Å²) < 4.78 is 4.66. The molecule has 0 aliphatic carbocycles. The summed E-state index contributed by atoms with van der Waals surface area (Å²) in [6.45, 7) is 2.96. The number of hydrogen-bond acceptors (Lipinski definition) is 3. The molecule has 0 aromatic rings. The molecule has 12 heavy (non-hydrogen) atoms. The number of rotatable bonds is 1. The van der Waals surface area contributed by atoms with E-state index in [2.05, 4.69) is 4.74 Å². The van der Waals surface area contributed by atoms with E-state index in [-0.39, 0.29) is 11.3 Å². The fourth-order valence-electron chi connectivity index (χ4n) is 0.756. The summed E-state index contributed by atoms with van der Waals surface area (Å²) in [6, 6.07) is 0. The molecule has 0 unspecified atom stereocenters. The fraction of sp³-hybridized carbons (Fsp3) is 0.250. The van der Waals surface area contributed by atoms with Crippen LogP contribution in [0.5, 0.6) is 0 Å². The van der Waals surface area contributed by atoms with E-state index in [9.17, 15) is 9.59 Å². The molecule has 0 spiro atoms. The Kier molecular flexibility index (Phi) is 1.99. The van der Waals surface area contributed by atoms with Gasteiger partial charge in [0.05, 0.1) is 5.57 Å². The molecule has 1 rings (SSSR count). The highest BCUT2D eigenvalue weighted by Gasteiger charge is 2.20. The van der Waals surface area contributed by atoms with Crippen molar-refractivity contribution in [3.05, 3.63) is 23.0 Å². The Morgan fingerprint density at radius 2 is 2.17 bits per heavy atom. The number of esters is 1. The number of carboxylic acids is 1. The van der Waals surface area contributed by atoms with Gasteiger partial charge in [-0.15, -0.1) is 0 Å². The van der Waals surface area contributed by atoms with E-state index in [1.165, 1.54) is 13.0 Å². The Balaban J connectivity index is 3.03. The minimum absolute atomic E-state index is 0.0419. The lowest BCUT2D eigenvalue weighted by atomic mass is 10.2. The first kappa shape index (κ1) is 8.52. The van der Waals surface area contributed by atoms with Crippen LogP contribution in [-0.2, 0) is 14.3 Å². The van der Waals surface area contributed by atoms with Gasteiger partial charge in [0.25, 0.3) is 0 Å². The van der Waals surface area contributed by atoms with Gasteiger partial charge in [0, 0.05) is 5.57 Å². The summed E-state index contributed by atoms with van der Waals surface area (Å²) in [4.78, 5) is 21.2. The molecule has 4 nitrogen and oxygen atoms in total. The quantitative estimate of drug-likeness (QED) is 0.465. The van der Waals surface area contributed by atoms with Gasteiger partial charge in [-0.2, -0.15) is 0 Å². The zero-order valence-corrected chi connectivity index (χ0v) is 6.75. The number of carboxylic acid groups (broad SMARTS) is 1. The number of allylic oxidation sites excluding steroid dienone is 1. The van der Waals surface area contributed by atoms with Gasteiger partial charge < -0.3 is 9.84 Å². The third-order valence-corrected chi connectivity index (χ3v) is 1.56. The van der Waals surface area contributed by atoms with Crippen molar-refractivity contribution in [2.45, 2.75) is 13.8 Å². The van der Waals surface area contributed by atoms with Crippen LogP contribution in [0.25, 0.3) is 0 Å².